The number of fused-ring (bicyclic) bond motifs is 2. The van der Waals surface area contributed by atoms with E-state index in [4.69, 9.17) is 23.2 Å². The van der Waals surface area contributed by atoms with Gasteiger partial charge in [0.1, 0.15) is 29.1 Å². The number of aromatic nitrogens is 3. The molecule has 142 valence electrons. The average molecular weight is 391 g/mol. The van der Waals surface area contributed by atoms with Crippen molar-refractivity contribution in [1.29, 1.82) is 0 Å². The van der Waals surface area contributed by atoms with Crippen molar-refractivity contribution in [3.05, 3.63) is 33.5 Å². The number of nitrogen functional groups attached to an aromatic ring is 2. The minimum atomic E-state index is -0.732. The Kier molecular flexibility index (Phi) is 4.16. The fourth-order valence-electron chi connectivity index (χ4n) is 3.84. The first-order valence-corrected chi connectivity index (χ1v) is 8.97. The van der Waals surface area contributed by atoms with Crippen molar-refractivity contribution in [2.75, 3.05) is 16.5 Å². The molecule has 1 spiro atoms. The molecule has 3 heterocycles. The van der Waals surface area contributed by atoms with Crippen molar-refractivity contribution in [3.8, 4) is 0 Å². The Hall–Kier alpha value is -2.85. The number of rotatable bonds is 3. The molecule has 0 bridgehead atoms. The van der Waals surface area contributed by atoms with Gasteiger partial charge >= 0.3 is 0 Å². The van der Waals surface area contributed by atoms with Crippen LogP contribution in [0.25, 0.3) is 0 Å². The van der Waals surface area contributed by atoms with Crippen LogP contribution in [-0.2, 0) is 5.66 Å². The van der Waals surface area contributed by atoms with E-state index in [-0.39, 0.29) is 45.2 Å². The summed E-state index contributed by atoms with van der Waals surface area (Å²) in [7, 11) is 0. The summed E-state index contributed by atoms with van der Waals surface area (Å²) < 4.78 is 1.48. The molecule has 27 heavy (non-hydrogen) atoms. The molecule has 1 saturated carbocycles. The summed E-state index contributed by atoms with van der Waals surface area (Å²) in [6.07, 6.45) is 5.54. The molecule has 1 aliphatic carbocycles. The molecule has 2 aliphatic rings. The normalized spacial score (nSPS) is 17.5. The molecule has 2 aromatic rings. The number of nitrogens with one attached hydrogen (secondary N) is 3. The Bertz CT molecular complexity index is 983. The predicted molar refractivity (Wildman–Crippen MR) is 102 cm³/mol. The van der Waals surface area contributed by atoms with E-state index in [1.807, 2.05) is 0 Å². The lowest BCUT2D eigenvalue weighted by atomic mass is 9.89. The van der Waals surface area contributed by atoms with Gasteiger partial charge in [0, 0.05) is 0 Å². The molecule has 0 radical (unpaired) electrons. The lowest BCUT2D eigenvalue weighted by Crippen LogP contribution is -2.48. The van der Waals surface area contributed by atoms with E-state index in [1.165, 1.54) is 17.0 Å². The molecule has 0 atom stereocenters. The fraction of sp³-hybridized carbons (Fsp3) is 0.375. The van der Waals surface area contributed by atoms with Gasteiger partial charge in [-0.2, -0.15) is 0 Å². The van der Waals surface area contributed by atoms with Gasteiger partial charge in [-0.3, -0.25) is 14.2 Å². The Morgan fingerprint density at radius 3 is 2.59 bits per heavy atom. The number of carbonyl (C=O) groups excluding carboxylic acids is 1. The molecule has 1 aliphatic heterocycles. The first-order chi connectivity index (χ1) is 13.0. The van der Waals surface area contributed by atoms with Crippen LogP contribution in [0.5, 0.6) is 0 Å². The zero-order chi connectivity index (χ0) is 19.2. The second-order valence-corrected chi connectivity index (χ2v) is 7.10. The third kappa shape index (κ3) is 2.68. The second-order valence-electron chi connectivity index (χ2n) is 6.70. The van der Waals surface area contributed by atoms with Crippen molar-refractivity contribution < 1.29 is 4.79 Å². The highest BCUT2D eigenvalue weighted by molar-refractivity contribution is 6.34. The number of anilines is 4. The van der Waals surface area contributed by atoms with Gasteiger partial charge in [-0.1, -0.05) is 18.0 Å². The van der Waals surface area contributed by atoms with Crippen LogP contribution in [0.15, 0.2) is 17.2 Å². The Morgan fingerprint density at radius 1 is 1.19 bits per heavy atom. The predicted octanol–water partition coefficient (Wildman–Crippen LogP) is 1.26. The van der Waals surface area contributed by atoms with Gasteiger partial charge in [-0.25, -0.2) is 15.8 Å². The number of hydrogen-bond donors (Lipinski definition) is 5. The van der Waals surface area contributed by atoms with Crippen LogP contribution >= 0.6 is 11.6 Å². The number of carbonyl (C=O) groups is 1. The van der Waals surface area contributed by atoms with Crippen LogP contribution in [0, 0.1) is 0 Å². The molecule has 7 N–H and O–H groups in total. The van der Waals surface area contributed by atoms with Gasteiger partial charge in [0.25, 0.3) is 11.5 Å². The largest absolute Gasteiger partial charge is 0.393 e. The van der Waals surface area contributed by atoms with E-state index < -0.39 is 5.66 Å². The van der Waals surface area contributed by atoms with Crippen LogP contribution in [0.1, 0.15) is 42.6 Å². The van der Waals surface area contributed by atoms with E-state index in [9.17, 15) is 9.59 Å². The first kappa shape index (κ1) is 17.6. The molecular formula is C16H19ClN8O2. The molecular weight excluding hydrogens is 372 g/mol. The number of hydrogen-bond acceptors (Lipinski definition) is 8. The summed E-state index contributed by atoms with van der Waals surface area (Å²) in [5, 5.41) is 6.05. The van der Waals surface area contributed by atoms with Crippen molar-refractivity contribution in [3.63, 3.8) is 0 Å². The van der Waals surface area contributed by atoms with Gasteiger partial charge in [-0.15, -0.1) is 0 Å². The molecule has 4 rings (SSSR count). The molecule has 1 fully saturated rings. The highest BCUT2D eigenvalue weighted by atomic mass is 35.5. The van der Waals surface area contributed by atoms with Crippen LogP contribution in [0.3, 0.4) is 0 Å². The summed E-state index contributed by atoms with van der Waals surface area (Å²) in [5.74, 6) is 5.47. The Labute approximate surface area is 159 Å². The summed E-state index contributed by atoms with van der Waals surface area (Å²) in [4.78, 5) is 33.7. The van der Waals surface area contributed by atoms with Gasteiger partial charge in [-0.05, 0) is 31.7 Å². The van der Waals surface area contributed by atoms with Crippen LogP contribution in [0.4, 0.5) is 23.0 Å². The fourth-order valence-corrected chi connectivity index (χ4v) is 4.12. The summed E-state index contributed by atoms with van der Waals surface area (Å²) in [6.45, 7) is 0. The van der Waals surface area contributed by atoms with E-state index >= 15 is 0 Å². The van der Waals surface area contributed by atoms with Crippen LogP contribution in [0.2, 0.25) is 5.02 Å². The minimum Gasteiger partial charge on any atom is -0.393 e. The second kappa shape index (κ2) is 6.39. The van der Waals surface area contributed by atoms with Crippen LogP contribution < -0.4 is 33.2 Å². The van der Waals surface area contributed by atoms with Crippen molar-refractivity contribution in [2.45, 2.75) is 37.8 Å². The maximum absolute atomic E-state index is 13.2. The Morgan fingerprint density at radius 2 is 1.89 bits per heavy atom. The summed E-state index contributed by atoms with van der Waals surface area (Å²) in [5.41, 5.74) is 7.74. The number of amides is 1. The molecule has 11 heteroatoms. The van der Waals surface area contributed by atoms with Gasteiger partial charge < -0.3 is 21.8 Å². The number of halogens is 1. The van der Waals surface area contributed by atoms with E-state index in [1.54, 1.807) is 0 Å². The molecule has 1 amide bonds. The van der Waals surface area contributed by atoms with Crippen molar-refractivity contribution in [2.24, 2.45) is 5.84 Å². The standard InChI is InChI=1S/C16H19ClN8O2/c17-8-6-9(22-12-10(18)13(24-19)21-7-20-12)15(27)25-11(8)14(26)23-16(25)4-2-1-3-5-16/h6-7H,1-5,18-19H2,(H,23,26)(H2,20,21,22,24). The molecule has 10 nitrogen and oxygen atoms in total. The van der Waals surface area contributed by atoms with Crippen molar-refractivity contribution >= 4 is 40.5 Å². The number of pyridine rings is 1. The lowest BCUT2D eigenvalue weighted by molar-refractivity contribution is 0.0877. The topological polar surface area (TPSA) is 153 Å². The molecule has 0 unspecified atom stereocenters. The Balaban J connectivity index is 1.84. The number of nitrogens with two attached hydrogens (primary N) is 2. The maximum atomic E-state index is 13.2. The van der Waals surface area contributed by atoms with Gasteiger partial charge in [0.15, 0.2) is 11.6 Å². The number of nitrogens with zero attached hydrogens (tertiary/aromatic N) is 3. The quantitative estimate of drug-likeness (QED) is 0.388. The SMILES string of the molecule is NNc1ncnc(Nc2cc(Cl)c3n(c2=O)C2(CCCCC2)NC3=O)c1N. The highest BCUT2D eigenvalue weighted by Crippen LogP contribution is 2.38. The minimum absolute atomic E-state index is 0.155. The van der Waals surface area contributed by atoms with Gasteiger partial charge in [0.05, 0.1) is 5.02 Å². The number of hydrazine groups is 1. The van der Waals surface area contributed by atoms with E-state index in [2.05, 4.69) is 26.0 Å². The summed E-state index contributed by atoms with van der Waals surface area (Å²) >= 11 is 6.35. The molecule has 2 aromatic heterocycles. The zero-order valence-electron chi connectivity index (χ0n) is 14.4. The third-order valence-electron chi connectivity index (χ3n) is 5.10. The lowest BCUT2D eigenvalue weighted by Gasteiger charge is -2.35. The van der Waals surface area contributed by atoms with E-state index in [0.717, 1.165) is 19.3 Å². The highest BCUT2D eigenvalue weighted by Gasteiger charge is 2.45. The zero-order valence-corrected chi connectivity index (χ0v) is 15.1. The summed E-state index contributed by atoms with van der Waals surface area (Å²) in [6, 6.07) is 1.41. The average Bonchev–Trinajstić information content (AvgIpc) is 2.94. The first-order valence-electron chi connectivity index (χ1n) is 8.59. The monoisotopic (exact) mass is 390 g/mol. The van der Waals surface area contributed by atoms with E-state index in [0.29, 0.717) is 12.8 Å². The van der Waals surface area contributed by atoms with Crippen molar-refractivity contribution in [1.82, 2.24) is 19.9 Å². The maximum Gasteiger partial charge on any atom is 0.276 e. The molecule has 0 saturated heterocycles. The smallest absolute Gasteiger partial charge is 0.276 e. The van der Waals surface area contributed by atoms with Crippen LogP contribution in [-0.4, -0.2) is 20.4 Å². The third-order valence-corrected chi connectivity index (χ3v) is 5.39. The molecule has 0 aromatic carbocycles. The van der Waals surface area contributed by atoms with Gasteiger partial charge in [0.2, 0.25) is 0 Å².